The highest BCUT2D eigenvalue weighted by Crippen LogP contribution is 2.34. The van der Waals surface area contributed by atoms with E-state index in [1.165, 1.54) is 83.5 Å². The molecule has 3 atom stereocenters. The van der Waals surface area contributed by atoms with Crippen LogP contribution in [0.15, 0.2) is 0 Å². The maximum atomic E-state index is 13.3. The van der Waals surface area contributed by atoms with Crippen LogP contribution in [0.25, 0.3) is 0 Å². The minimum absolute atomic E-state index is 0.00321. The topological polar surface area (TPSA) is 75.3 Å². The summed E-state index contributed by atoms with van der Waals surface area (Å²) in [5.41, 5.74) is 0. The molecule has 0 aromatic carbocycles. The second-order valence-corrected chi connectivity index (χ2v) is 12.8. The van der Waals surface area contributed by atoms with Crippen LogP contribution in [0.1, 0.15) is 155 Å². The summed E-state index contributed by atoms with van der Waals surface area (Å²) in [6, 6.07) is 0.299. The van der Waals surface area contributed by atoms with Crippen LogP contribution in [0.3, 0.4) is 0 Å². The van der Waals surface area contributed by atoms with Crippen LogP contribution >= 0.6 is 0 Å². The van der Waals surface area contributed by atoms with Gasteiger partial charge in [0.2, 0.25) is 5.91 Å². The normalized spacial score (nSPS) is 26.7. The zero-order valence-electron chi connectivity index (χ0n) is 24.6. The van der Waals surface area contributed by atoms with Crippen LogP contribution in [-0.2, 0) is 14.4 Å². The standard InChI is InChI=1S/C33H58N2O3/c1-26-32(28-20-12-5-2-3-6-13-21-28)33(38)29(35-26)22-16-17-25-34-31(37)24-15-9-14-23-30(36)27-18-10-7-4-8-11-19-27/h26-29,32,35H,2-25H2,1H3,(H,34,37). The molecule has 2 aliphatic carbocycles. The number of hydrogen-bond donors (Lipinski definition) is 2. The fourth-order valence-corrected chi connectivity index (χ4v) is 7.41. The molecule has 3 rings (SSSR count). The summed E-state index contributed by atoms with van der Waals surface area (Å²) in [5, 5.41) is 6.68. The van der Waals surface area contributed by atoms with Crippen molar-refractivity contribution in [2.75, 3.05) is 6.54 Å². The van der Waals surface area contributed by atoms with Gasteiger partial charge in [-0.1, -0.05) is 77.0 Å². The van der Waals surface area contributed by atoms with E-state index in [9.17, 15) is 14.4 Å². The number of amides is 1. The quantitative estimate of drug-likeness (QED) is 0.243. The largest absolute Gasteiger partial charge is 0.356 e. The lowest BCUT2D eigenvalue weighted by atomic mass is 9.79. The summed E-state index contributed by atoms with van der Waals surface area (Å²) in [6.45, 7) is 2.91. The Balaban J connectivity index is 1.21. The summed E-state index contributed by atoms with van der Waals surface area (Å²) in [7, 11) is 0. The average molecular weight is 531 g/mol. The highest BCUT2D eigenvalue weighted by atomic mass is 16.1. The molecule has 5 heteroatoms. The number of unbranched alkanes of at least 4 members (excludes halogenated alkanes) is 3. The summed E-state index contributed by atoms with van der Waals surface area (Å²) < 4.78 is 0. The molecule has 1 amide bonds. The lowest BCUT2D eigenvalue weighted by Gasteiger charge is -2.25. The second kappa shape index (κ2) is 18.2. The zero-order chi connectivity index (χ0) is 27.0. The van der Waals surface area contributed by atoms with Gasteiger partial charge in [0.1, 0.15) is 5.78 Å². The molecule has 218 valence electrons. The third-order valence-electron chi connectivity index (χ3n) is 9.71. The van der Waals surface area contributed by atoms with Gasteiger partial charge in [-0.15, -0.1) is 0 Å². The van der Waals surface area contributed by atoms with Gasteiger partial charge in [0, 0.05) is 37.3 Å². The highest BCUT2D eigenvalue weighted by molar-refractivity contribution is 5.89. The monoisotopic (exact) mass is 530 g/mol. The van der Waals surface area contributed by atoms with E-state index in [0.29, 0.717) is 48.8 Å². The third-order valence-corrected chi connectivity index (χ3v) is 9.71. The van der Waals surface area contributed by atoms with E-state index in [2.05, 4.69) is 17.6 Å². The number of carbonyl (C=O) groups excluding carboxylic acids is 3. The average Bonchev–Trinajstić information content (AvgIpc) is 3.23. The molecule has 0 aromatic rings. The first kappa shape index (κ1) is 31.3. The Hall–Kier alpha value is -1.23. The Morgan fingerprint density at radius 1 is 0.737 bits per heavy atom. The Kier molecular flexibility index (Phi) is 15.0. The number of nitrogens with one attached hydrogen (secondary N) is 2. The van der Waals surface area contributed by atoms with E-state index in [-0.39, 0.29) is 17.9 Å². The number of ketones is 2. The molecular weight excluding hydrogens is 472 g/mol. The van der Waals surface area contributed by atoms with Gasteiger partial charge >= 0.3 is 0 Å². The highest BCUT2D eigenvalue weighted by Gasteiger charge is 2.42. The summed E-state index contributed by atoms with van der Waals surface area (Å²) in [5.74, 6) is 2.11. The maximum absolute atomic E-state index is 13.3. The fraction of sp³-hybridized carbons (Fsp3) is 0.909. The van der Waals surface area contributed by atoms with Crippen LogP contribution in [0.4, 0.5) is 0 Å². The second-order valence-electron chi connectivity index (χ2n) is 12.8. The van der Waals surface area contributed by atoms with Gasteiger partial charge in [-0.3, -0.25) is 14.4 Å². The van der Waals surface area contributed by atoms with Gasteiger partial charge in [0.25, 0.3) is 0 Å². The van der Waals surface area contributed by atoms with Crippen molar-refractivity contribution in [3.05, 3.63) is 0 Å². The summed E-state index contributed by atoms with van der Waals surface area (Å²) >= 11 is 0. The molecule has 1 aliphatic heterocycles. The molecule has 2 saturated carbocycles. The summed E-state index contributed by atoms with van der Waals surface area (Å²) in [6.07, 6.45) is 25.7. The molecule has 3 aliphatic rings. The van der Waals surface area contributed by atoms with E-state index >= 15 is 0 Å². The predicted octanol–water partition coefficient (Wildman–Crippen LogP) is 7.45. The Labute approximate surface area is 233 Å². The first-order valence-corrected chi connectivity index (χ1v) is 16.7. The van der Waals surface area contributed by atoms with Crippen LogP contribution in [0.2, 0.25) is 0 Å². The van der Waals surface area contributed by atoms with E-state index in [4.69, 9.17) is 0 Å². The SMILES string of the molecule is CC1NC(CCCCNC(=O)CCCCCC(=O)C2CCCCCCC2)C(=O)C1C1CCCCCCCC1. The van der Waals surface area contributed by atoms with Crippen molar-refractivity contribution in [2.24, 2.45) is 17.8 Å². The van der Waals surface area contributed by atoms with E-state index < -0.39 is 0 Å². The first-order valence-electron chi connectivity index (χ1n) is 16.7. The number of hydrogen-bond acceptors (Lipinski definition) is 4. The lowest BCUT2D eigenvalue weighted by molar-refractivity contribution is -0.124. The fourth-order valence-electron chi connectivity index (χ4n) is 7.41. The molecule has 3 unspecified atom stereocenters. The molecule has 3 fully saturated rings. The molecule has 38 heavy (non-hydrogen) atoms. The van der Waals surface area contributed by atoms with Crippen LogP contribution in [-0.4, -0.2) is 36.1 Å². The number of Topliss-reactive ketones (excluding diaryl/α,β-unsaturated/α-hetero) is 2. The molecule has 2 N–H and O–H groups in total. The van der Waals surface area contributed by atoms with E-state index in [1.807, 2.05) is 0 Å². The Morgan fingerprint density at radius 2 is 1.32 bits per heavy atom. The number of rotatable bonds is 13. The van der Waals surface area contributed by atoms with Gasteiger partial charge in [-0.05, 0) is 70.6 Å². The molecule has 5 nitrogen and oxygen atoms in total. The lowest BCUT2D eigenvalue weighted by Crippen LogP contribution is -2.31. The minimum atomic E-state index is 0.00321. The first-order chi connectivity index (χ1) is 18.6. The van der Waals surface area contributed by atoms with Crippen LogP contribution in [0.5, 0.6) is 0 Å². The Bertz CT molecular complexity index is 690. The zero-order valence-corrected chi connectivity index (χ0v) is 24.6. The number of carbonyl (C=O) groups is 3. The van der Waals surface area contributed by atoms with Gasteiger partial charge in [-0.25, -0.2) is 0 Å². The van der Waals surface area contributed by atoms with Gasteiger partial charge < -0.3 is 10.6 Å². The van der Waals surface area contributed by atoms with Crippen molar-refractivity contribution in [3.8, 4) is 0 Å². The third kappa shape index (κ3) is 11.1. The van der Waals surface area contributed by atoms with Gasteiger partial charge in [-0.2, -0.15) is 0 Å². The van der Waals surface area contributed by atoms with E-state index in [1.54, 1.807) is 0 Å². The van der Waals surface area contributed by atoms with Crippen LogP contribution in [0, 0.1) is 17.8 Å². The molecule has 0 aromatic heterocycles. The van der Waals surface area contributed by atoms with Crippen LogP contribution < -0.4 is 10.6 Å². The summed E-state index contributed by atoms with van der Waals surface area (Å²) in [4.78, 5) is 38.0. The molecule has 0 bridgehead atoms. The van der Waals surface area contributed by atoms with Crippen molar-refractivity contribution in [1.29, 1.82) is 0 Å². The molecule has 1 saturated heterocycles. The minimum Gasteiger partial charge on any atom is -0.356 e. The Morgan fingerprint density at radius 3 is 1.97 bits per heavy atom. The van der Waals surface area contributed by atoms with Gasteiger partial charge in [0.05, 0.1) is 6.04 Å². The van der Waals surface area contributed by atoms with Crippen molar-refractivity contribution in [3.63, 3.8) is 0 Å². The molecule has 0 spiro atoms. The smallest absolute Gasteiger partial charge is 0.219 e. The van der Waals surface area contributed by atoms with Crippen molar-refractivity contribution >= 4 is 17.5 Å². The molecule has 0 radical (unpaired) electrons. The molecule has 1 heterocycles. The van der Waals surface area contributed by atoms with Crippen molar-refractivity contribution < 1.29 is 14.4 Å². The van der Waals surface area contributed by atoms with E-state index in [0.717, 1.165) is 51.4 Å². The van der Waals surface area contributed by atoms with Crippen molar-refractivity contribution in [1.82, 2.24) is 10.6 Å². The van der Waals surface area contributed by atoms with Gasteiger partial charge in [0.15, 0.2) is 5.78 Å². The predicted molar refractivity (Wildman–Crippen MR) is 156 cm³/mol. The molecular formula is C33H58N2O3. The maximum Gasteiger partial charge on any atom is 0.219 e. The van der Waals surface area contributed by atoms with Crippen molar-refractivity contribution in [2.45, 2.75) is 167 Å².